The number of allylic oxidation sites excluding steroid dienone is 1. The molecule has 0 saturated heterocycles. The predicted molar refractivity (Wildman–Crippen MR) is 34.0 cm³/mol. The molecule has 0 aromatic carbocycles. The Morgan fingerprint density at radius 3 is 1.26 bits per heavy atom. The Balaban J connectivity index is 3.56. The van der Waals surface area contributed by atoms with Gasteiger partial charge in [-0.25, -0.2) is 8.78 Å². The molecule has 0 amide bonds. The van der Waals surface area contributed by atoms with Crippen LogP contribution >= 0.6 is 0 Å². The van der Waals surface area contributed by atoms with E-state index in [1.807, 2.05) is 0 Å². The largest absolute Gasteiger partial charge is 0.432 e. The van der Waals surface area contributed by atoms with E-state index >= 15 is 0 Å². The molecule has 0 bridgehead atoms. The maximum Gasteiger partial charge on any atom is 0.432 e. The lowest BCUT2D eigenvalue weighted by molar-refractivity contribution is -0.222. The highest BCUT2D eigenvalue weighted by Crippen LogP contribution is 2.77. The molecule has 1 aliphatic carbocycles. The summed E-state index contributed by atoms with van der Waals surface area (Å²) in [7, 11) is 0. The average molecular weight is 312 g/mol. The van der Waals surface area contributed by atoms with E-state index in [2.05, 4.69) is 0 Å². The van der Waals surface area contributed by atoms with Gasteiger partial charge in [-0.05, 0) is 0 Å². The zero-order chi connectivity index (χ0) is 15.7. The van der Waals surface area contributed by atoms with Crippen LogP contribution in [0.4, 0.5) is 52.7 Å². The van der Waals surface area contributed by atoms with Gasteiger partial charge in [-0.1, -0.05) is 0 Å². The van der Waals surface area contributed by atoms with Crippen molar-refractivity contribution >= 4 is 0 Å². The summed E-state index contributed by atoms with van der Waals surface area (Å²) in [6, 6.07) is 0. The van der Waals surface area contributed by atoms with E-state index in [4.69, 9.17) is 0 Å². The van der Waals surface area contributed by atoms with Gasteiger partial charge in [0.05, 0.1) is 0 Å². The van der Waals surface area contributed by atoms with Crippen LogP contribution in [0.1, 0.15) is 0 Å². The van der Waals surface area contributed by atoms with Crippen molar-refractivity contribution in [2.75, 3.05) is 0 Å². The molecule has 0 spiro atoms. The Morgan fingerprint density at radius 2 is 1.11 bits per heavy atom. The molecule has 19 heavy (non-hydrogen) atoms. The molecule has 1 aliphatic rings. The predicted octanol–water partition coefficient (Wildman–Crippen LogP) is 4.33. The minimum Gasteiger partial charge on any atom is -0.227 e. The summed E-state index contributed by atoms with van der Waals surface area (Å²) in [5.74, 6) is -6.31. The van der Waals surface area contributed by atoms with Crippen molar-refractivity contribution in [1.29, 1.82) is 0 Å². The quantitative estimate of drug-likeness (QED) is 0.632. The van der Waals surface area contributed by atoms with Gasteiger partial charge in [-0.15, -0.1) is 0 Å². The van der Waals surface area contributed by atoms with Gasteiger partial charge in [0.2, 0.25) is 0 Å². The molecule has 0 aromatic heterocycles. The van der Waals surface area contributed by atoms with Crippen LogP contribution in [0.25, 0.3) is 0 Å². The lowest BCUT2D eigenvalue weighted by Crippen LogP contribution is -2.39. The van der Waals surface area contributed by atoms with Crippen LogP contribution in [0.3, 0.4) is 0 Å². The molecule has 1 rings (SSSR count). The van der Waals surface area contributed by atoms with Gasteiger partial charge < -0.3 is 0 Å². The number of hydrogen-bond acceptors (Lipinski definition) is 0. The van der Waals surface area contributed by atoms with Gasteiger partial charge in [0.15, 0.2) is 0 Å². The molecular weight excluding hydrogens is 312 g/mol. The fraction of sp³-hybridized carbons (Fsp3) is 0.714. The summed E-state index contributed by atoms with van der Waals surface area (Å²) >= 11 is 0. The van der Waals surface area contributed by atoms with Crippen LogP contribution in [0, 0.1) is 0 Å². The zero-order valence-electron chi connectivity index (χ0n) is 8.04. The third-order valence-electron chi connectivity index (χ3n) is 2.49. The van der Waals surface area contributed by atoms with Gasteiger partial charge in [0, 0.05) is 0 Å². The molecule has 0 nitrogen and oxygen atoms in total. The number of halogens is 12. The third kappa shape index (κ3) is 1.57. The number of rotatable bonds is 1. The maximum absolute atomic E-state index is 13.1. The molecule has 0 aliphatic heterocycles. The Morgan fingerprint density at radius 1 is 0.737 bits per heavy atom. The highest BCUT2D eigenvalue weighted by Gasteiger charge is 3.07. The number of hydrogen-bond donors (Lipinski definition) is 0. The molecule has 1 fully saturated rings. The molecule has 0 aromatic rings. The summed E-state index contributed by atoms with van der Waals surface area (Å²) in [5, 5.41) is 0. The topological polar surface area (TPSA) is 0 Å². The fourth-order valence-electron chi connectivity index (χ4n) is 1.55. The second-order valence-electron chi connectivity index (χ2n) is 3.52. The summed E-state index contributed by atoms with van der Waals surface area (Å²) in [6.45, 7) is 0. The average Bonchev–Trinajstić information content (AvgIpc) is 2.42. The fourth-order valence-corrected chi connectivity index (χ4v) is 1.55. The smallest absolute Gasteiger partial charge is 0.227 e. The minimum atomic E-state index is -6.81. The van der Waals surface area contributed by atoms with Crippen molar-refractivity contribution in [3.63, 3.8) is 0 Å². The molecule has 2 atom stereocenters. The molecule has 12 heteroatoms. The van der Waals surface area contributed by atoms with Crippen LogP contribution in [-0.2, 0) is 0 Å². The monoisotopic (exact) mass is 312 g/mol. The molecule has 0 radical (unpaired) electrons. The van der Waals surface area contributed by atoms with Gasteiger partial charge in [0.25, 0.3) is 11.7 Å². The van der Waals surface area contributed by atoms with Crippen molar-refractivity contribution in [1.82, 2.24) is 0 Å². The van der Waals surface area contributed by atoms with E-state index in [1.165, 1.54) is 0 Å². The molecule has 0 N–H and O–H groups in total. The molecular formula is C7F12. The SMILES string of the molecule is FC(F)=C(C(F)(F)F)C1(F)C(F)(F)C1(F)C(F)(F)F. The van der Waals surface area contributed by atoms with Crippen molar-refractivity contribution in [3.8, 4) is 0 Å². The molecule has 112 valence electrons. The van der Waals surface area contributed by atoms with E-state index in [9.17, 15) is 52.7 Å². The van der Waals surface area contributed by atoms with E-state index in [1.54, 1.807) is 0 Å². The first kappa shape index (κ1) is 16.0. The van der Waals surface area contributed by atoms with Crippen LogP contribution in [0.2, 0.25) is 0 Å². The first-order valence-electron chi connectivity index (χ1n) is 4.02. The summed E-state index contributed by atoms with van der Waals surface area (Å²) in [6.07, 6.45) is -17.6. The van der Waals surface area contributed by atoms with Gasteiger partial charge in [-0.2, -0.15) is 43.9 Å². The van der Waals surface area contributed by atoms with Crippen molar-refractivity contribution in [3.05, 3.63) is 11.7 Å². The van der Waals surface area contributed by atoms with Gasteiger partial charge in [-0.3, -0.25) is 0 Å². The molecule has 0 heterocycles. The zero-order valence-corrected chi connectivity index (χ0v) is 8.04. The van der Waals surface area contributed by atoms with E-state index in [-0.39, 0.29) is 0 Å². The Hall–Kier alpha value is -1.10. The Labute approximate surface area is 95.2 Å². The van der Waals surface area contributed by atoms with Crippen molar-refractivity contribution < 1.29 is 52.7 Å². The van der Waals surface area contributed by atoms with Crippen LogP contribution in [0.5, 0.6) is 0 Å². The van der Waals surface area contributed by atoms with Gasteiger partial charge >= 0.3 is 23.9 Å². The van der Waals surface area contributed by atoms with Crippen LogP contribution in [-0.4, -0.2) is 29.6 Å². The van der Waals surface area contributed by atoms with E-state index < -0.39 is 41.3 Å². The second-order valence-corrected chi connectivity index (χ2v) is 3.52. The lowest BCUT2D eigenvalue weighted by atomic mass is 10.1. The van der Waals surface area contributed by atoms with Crippen LogP contribution < -0.4 is 0 Å². The van der Waals surface area contributed by atoms with Crippen molar-refractivity contribution in [2.24, 2.45) is 0 Å². The summed E-state index contributed by atoms with van der Waals surface area (Å²) in [5.41, 5.74) is -16.7. The van der Waals surface area contributed by atoms with Crippen molar-refractivity contribution in [2.45, 2.75) is 29.6 Å². The maximum atomic E-state index is 13.1. The van der Waals surface area contributed by atoms with E-state index in [0.29, 0.717) is 0 Å². The standard InChI is InChI=1S/C7F12/c8-2(9)1(4(11,12)13)3(10)5(14,6(3,15)16)7(17,18)19. The molecule has 1 saturated carbocycles. The summed E-state index contributed by atoms with van der Waals surface area (Å²) < 4.78 is 146. The van der Waals surface area contributed by atoms with Crippen LogP contribution in [0.15, 0.2) is 11.7 Å². The lowest BCUT2D eigenvalue weighted by Gasteiger charge is -2.16. The molecule has 2 unspecified atom stereocenters. The van der Waals surface area contributed by atoms with E-state index in [0.717, 1.165) is 0 Å². The highest BCUT2D eigenvalue weighted by molar-refractivity contribution is 5.51. The normalized spacial score (nSPS) is 34.1. The first-order valence-corrected chi connectivity index (χ1v) is 4.02. The minimum absolute atomic E-state index is 4.18. The Kier molecular flexibility index (Phi) is 2.95. The summed E-state index contributed by atoms with van der Waals surface area (Å²) in [4.78, 5) is 0. The highest BCUT2D eigenvalue weighted by atomic mass is 19.4. The third-order valence-corrected chi connectivity index (χ3v) is 2.49. The second kappa shape index (κ2) is 3.51. The number of alkyl halides is 10. The Bertz CT molecular complexity index is 422. The first-order chi connectivity index (χ1) is 8.07. The van der Waals surface area contributed by atoms with Gasteiger partial charge in [0.1, 0.15) is 5.57 Å².